The Morgan fingerprint density at radius 2 is 2.00 bits per heavy atom. The minimum absolute atomic E-state index is 0.102. The number of carbonyl (C=O) groups excluding carboxylic acids is 1. The van der Waals surface area contributed by atoms with Crippen molar-refractivity contribution in [3.8, 4) is 5.75 Å². The van der Waals surface area contributed by atoms with Crippen molar-refractivity contribution in [1.29, 1.82) is 0 Å². The Hall–Kier alpha value is -2.29. The summed E-state index contributed by atoms with van der Waals surface area (Å²) in [6, 6.07) is 16.4. The second kappa shape index (κ2) is 7.32. The molecule has 0 spiro atoms. The summed E-state index contributed by atoms with van der Waals surface area (Å²) >= 11 is 0. The average Bonchev–Trinajstić information content (AvgIpc) is 2.96. The Balaban J connectivity index is 1.63. The highest BCUT2D eigenvalue weighted by molar-refractivity contribution is 5.71. The van der Waals surface area contributed by atoms with Gasteiger partial charge in [0.25, 0.3) is 0 Å². The lowest BCUT2D eigenvalue weighted by Gasteiger charge is -2.12. The Morgan fingerprint density at radius 3 is 2.78 bits per heavy atom. The van der Waals surface area contributed by atoms with Gasteiger partial charge in [-0.05, 0) is 54.5 Å². The first kappa shape index (κ1) is 15.6. The van der Waals surface area contributed by atoms with E-state index < -0.39 is 0 Å². The fraction of sp³-hybridized carbons (Fsp3) is 0.350. The van der Waals surface area contributed by atoms with Crippen molar-refractivity contribution < 1.29 is 14.3 Å². The molecule has 3 rings (SSSR count). The van der Waals surface area contributed by atoms with Crippen LogP contribution in [0.3, 0.4) is 0 Å². The van der Waals surface area contributed by atoms with Crippen LogP contribution in [0.15, 0.2) is 48.5 Å². The van der Waals surface area contributed by atoms with E-state index in [1.54, 1.807) is 0 Å². The van der Waals surface area contributed by atoms with E-state index in [0.29, 0.717) is 19.6 Å². The molecule has 1 atom stereocenters. The van der Waals surface area contributed by atoms with Gasteiger partial charge in [0.15, 0.2) is 0 Å². The van der Waals surface area contributed by atoms with Crippen molar-refractivity contribution >= 4 is 5.97 Å². The molecule has 3 heteroatoms. The minimum Gasteiger partial charge on any atom is -0.489 e. The summed E-state index contributed by atoms with van der Waals surface area (Å²) < 4.78 is 10.9. The monoisotopic (exact) mass is 310 g/mol. The zero-order valence-electron chi connectivity index (χ0n) is 13.5. The fourth-order valence-corrected chi connectivity index (χ4v) is 3.15. The van der Waals surface area contributed by atoms with Crippen molar-refractivity contribution in [2.24, 2.45) is 0 Å². The Bertz CT molecular complexity index is 664. The minimum atomic E-state index is -0.102. The largest absolute Gasteiger partial charge is 0.489 e. The van der Waals surface area contributed by atoms with E-state index in [4.69, 9.17) is 9.47 Å². The van der Waals surface area contributed by atoms with E-state index in [1.165, 1.54) is 11.1 Å². The SMILES string of the molecule is CCOC(=O)C[C@H]1CCc2cc(OCc3ccccc3)ccc21. The third-order valence-electron chi connectivity index (χ3n) is 4.28. The van der Waals surface area contributed by atoms with Crippen LogP contribution in [0.2, 0.25) is 0 Å². The predicted molar refractivity (Wildman–Crippen MR) is 89.5 cm³/mol. The molecule has 0 radical (unpaired) electrons. The number of hydrogen-bond donors (Lipinski definition) is 0. The summed E-state index contributed by atoms with van der Waals surface area (Å²) in [5.74, 6) is 1.08. The van der Waals surface area contributed by atoms with Gasteiger partial charge in [0.2, 0.25) is 0 Å². The first-order chi connectivity index (χ1) is 11.3. The topological polar surface area (TPSA) is 35.5 Å². The van der Waals surface area contributed by atoms with Crippen LogP contribution in [0.1, 0.15) is 42.4 Å². The zero-order valence-corrected chi connectivity index (χ0v) is 13.5. The van der Waals surface area contributed by atoms with Gasteiger partial charge in [-0.3, -0.25) is 4.79 Å². The molecule has 0 saturated carbocycles. The number of esters is 1. The van der Waals surface area contributed by atoms with Crippen molar-refractivity contribution in [1.82, 2.24) is 0 Å². The van der Waals surface area contributed by atoms with Crippen molar-refractivity contribution in [2.75, 3.05) is 6.61 Å². The molecule has 0 bridgehead atoms. The third-order valence-corrected chi connectivity index (χ3v) is 4.28. The fourth-order valence-electron chi connectivity index (χ4n) is 3.15. The second-order valence-corrected chi connectivity index (χ2v) is 5.88. The highest BCUT2D eigenvalue weighted by atomic mass is 16.5. The van der Waals surface area contributed by atoms with Gasteiger partial charge in [-0.1, -0.05) is 36.4 Å². The van der Waals surface area contributed by atoms with E-state index in [1.807, 2.05) is 31.2 Å². The van der Waals surface area contributed by atoms with Crippen molar-refractivity contribution in [2.45, 2.75) is 38.7 Å². The zero-order chi connectivity index (χ0) is 16.1. The van der Waals surface area contributed by atoms with Gasteiger partial charge in [-0.2, -0.15) is 0 Å². The van der Waals surface area contributed by atoms with Crippen molar-refractivity contribution in [3.05, 3.63) is 65.2 Å². The summed E-state index contributed by atoms with van der Waals surface area (Å²) in [4.78, 5) is 11.7. The molecule has 0 amide bonds. The number of fused-ring (bicyclic) bond motifs is 1. The molecule has 0 N–H and O–H groups in total. The summed E-state index contributed by atoms with van der Waals surface area (Å²) in [6.07, 6.45) is 2.49. The lowest BCUT2D eigenvalue weighted by Crippen LogP contribution is -2.08. The number of benzene rings is 2. The predicted octanol–water partition coefficient (Wildman–Crippen LogP) is 4.25. The number of ether oxygens (including phenoxy) is 2. The molecular formula is C20H22O3. The molecule has 1 aliphatic carbocycles. The summed E-state index contributed by atoms with van der Waals surface area (Å²) in [6.45, 7) is 2.87. The van der Waals surface area contributed by atoms with E-state index >= 15 is 0 Å². The molecule has 0 unspecified atom stereocenters. The van der Waals surface area contributed by atoms with E-state index in [2.05, 4.69) is 24.3 Å². The molecule has 0 aromatic heterocycles. The van der Waals surface area contributed by atoms with E-state index in [-0.39, 0.29) is 11.9 Å². The Morgan fingerprint density at radius 1 is 1.17 bits per heavy atom. The molecule has 0 fully saturated rings. The number of hydrogen-bond acceptors (Lipinski definition) is 3. The molecule has 0 aliphatic heterocycles. The first-order valence-electron chi connectivity index (χ1n) is 8.21. The first-order valence-corrected chi connectivity index (χ1v) is 8.21. The van der Waals surface area contributed by atoms with Crippen LogP contribution < -0.4 is 4.74 Å². The van der Waals surface area contributed by atoms with Gasteiger partial charge in [0, 0.05) is 0 Å². The van der Waals surface area contributed by atoms with Gasteiger partial charge >= 0.3 is 5.97 Å². The molecule has 2 aromatic carbocycles. The lowest BCUT2D eigenvalue weighted by molar-refractivity contribution is -0.143. The molecule has 0 saturated heterocycles. The molecule has 3 nitrogen and oxygen atoms in total. The van der Waals surface area contributed by atoms with Gasteiger partial charge in [-0.25, -0.2) is 0 Å². The highest BCUT2D eigenvalue weighted by Crippen LogP contribution is 2.37. The van der Waals surface area contributed by atoms with Crippen LogP contribution in [-0.2, 0) is 22.6 Å². The van der Waals surface area contributed by atoms with Gasteiger partial charge < -0.3 is 9.47 Å². The van der Waals surface area contributed by atoms with Crippen LogP contribution in [0.5, 0.6) is 5.75 Å². The molecular weight excluding hydrogens is 288 g/mol. The summed E-state index contributed by atoms with van der Waals surface area (Å²) in [5, 5.41) is 0. The maximum absolute atomic E-state index is 11.7. The Labute approximate surface area is 137 Å². The van der Waals surface area contributed by atoms with E-state index in [0.717, 1.165) is 24.2 Å². The quantitative estimate of drug-likeness (QED) is 0.748. The van der Waals surface area contributed by atoms with Crippen LogP contribution in [0.25, 0.3) is 0 Å². The standard InChI is InChI=1S/C20H22O3/c1-2-22-20(21)13-17-9-8-16-12-18(10-11-19(16)17)23-14-15-6-4-3-5-7-15/h3-7,10-12,17H,2,8-9,13-14H2,1H3/t17-/m1/s1. The molecule has 23 heavy (non-hydrogen) atoms. The second-order valence-electron chi connectivity index (χ2n) is 5.88. The molecule has 2 aromatic rings. The lowest BCUT2D eigenvalue weighted by atomic mass is 9.98. The highest BCUT2D eigenvalue weighted by Gasteiger charge is 2.25. The van der Waals surface area contributed by atoms with Crippen LogP contribution in [0, 0.1) is 0 Å². The average molecular weight is 310 g/mol. The van der Waals surface area contributed by atoms with Crippen molar-refractivity contribution in [3.63, 3.8) is 0 Å². The normalized spacial score (nSPS) is 16.0. The van der Waals surface area contributed by atoms with E-state index in [9.17, 15) is 4.79 Å². The number of carbonyl (C=O) groups is 1. The van der Waals surface area contributed by atoms with Gasteiger partial charge in [-0.15, -0.1) is 0 Å². The van der Waals surface area contributed by atoms with Crippen LogP contribution >= 0.6 is 0 Å². The summed E-state index contributed by atoms with van der Waals surface area (Å²) in [7, 11) is 0. The van der Waals surface area contributed by atoms with Gasteiger partial charge in [0.05, 0.1) is 13.0 Å². The van der Waals surface area contributed by atoms with Gasteiger partial charge in [0.1, 0.15) is 12.4 Å². The number of rotatable bonds is 6. The maximum Gasteiger partial charge on any atom is 0.306 e. The summed E-state index contributed by atoms with van der Waals surface area (Å²) in [5.41, 5.74) is 3.73. The molecule has 0 heterocycles. The molecule has 1 aliphatic rings. The Kier molecular flexibility index (Phi) is 4.96. The molecule has 120 valence electrons. The van der Waals surface area contributed by atoms with Crippen LogP contribution in [0.4, 0.5) is 0 Å². The number of aryl methyl sites for hydroxylation is 1. The smallest absolute Gasteiger partial charge is 0.306 e. The third kappa shape index (κ3) is 3.92. The maximum atomic E-state index is 11.7. The van der Waals surface area contributed by atoms with Crippen LogP contribution in [-0.4, -0.2) is 12.6 Å².